The van der Waals surface area contributed by atoms with E-state index in [2.05, 4.69) is 19.2 Å². The number of pyridine rings is 1. The van der Waals surface area contributed by atoms with Crippen LogP contribution in [0.4, 0.5) is 22.0 Å². The monoisotopic (exact) mass is 315 g/mol. The van der Waals surface area contributed by atoms with Crippen molar-refractivity contribution in [3.63, 3.8) is 0 Å². The Kier molecular flexibility index (Phi) is 5.28. The third-order valence-electron chi connectivity index (χ3n) is 2.09. The molecule has 21 heavy (non-hydrogen) atoms. The summed E-state index contributed by atoms with van der Waals surface area (Å²) in [7, 11) is 0.956. The molecule has 0 unspecified atom stereocenters. The third-order valence-corrected chi connectivity index (χ3v) is 2.09. The van der Waals surface area contributed by atoms with Gasteiger partial charge >= 0.3 is 12.3 Å². The van der Waals surface area contributed by atoms with Gasteiger partial charge in [0.2, 0.25) is 5.88 Å². The maximum atomic E-state index is 12.6. The number of alkyl halides is 5. The van der Waals surface area contributed by atoms with Gasteiger partial charge in [-0.3, -0.25) is 0 Å². The topological polar surface area (TPSA) is 57.7 Å². The van der Waals surface area contributed by atoms with Crippen molar-refractivity contribution in [1.82, 2.24) is 4.98 Å². The molecule has 0 aliphatic carbocycles. The highest BCUT2D eigenvalue weighted by atomic mass is 19.4. The number of rotatable bonds is 5. The SMILES string of the molecule is CCOC(=O)c1c(OC(F)(F)F)cc(C(F)F)nc1OC. The molecule has 0 radical (unpaired) electrons. The summed E-state index contributed by atoms with van der Waals surface area (Å²) >= 11 is 0. The van der Waals surface area contributed by atoms with Crippen LogP contribution in [0.5, 0.6) is 11.6 Å². The lowest BCUT2D eigenvalue weighted by Crippen LogP contribution is -2.21. The van der Waals surface area contributed by atoms with Gasteiger partial charge in [-0.25, -0.2) is 18.6 Å². The van der Waals surface area contributed by atoms with E-state index in [9.17, 15) is 26.7 Å². The zero-order valence-electron chi connectivity index (χ0n) is 10.8. The van der Waals surface area contributed by atoms with E-state index in [0.717, 1.165) is 7.11 Å². The second-order valence-corrected chi connectivity index (χ2v) is 3.50. The number of ether oxygens (including phenoxy) is 3. The number of carbonyl (C=O) groups is 1. The molecule has 118 valence electrons. The number of hydrogen-bond acceptors (Lipinski definition) is 5. The van der Waals surface area contributed by atoms with E-state index in [1.165, 1.54) is 6.92 Å². The molecular formula is C11H10F5NO4. The van der Waals surface area contributed by atoms with Crippen LogP contribution in [0, 0.1) is 0 Å². The highest BCUT2D eigenvalue weighted by Crippen LogP contribution is 2.35. The molecule has 1 aromatic rings. The minimum atomic E-state index is -5.19. The Morgan fingerprint density at radius 1 is 1.38 bits per heavy atom. The van der Waals surface area contributed by atoms with Crippen molar-refractivity contribution < 1.29 is 41.0 Å². The maximum Gasteiger partial charge on any atom is 0.573 e. The average molecular weight is 315 g/mol. The van der Waals surface area contributed by atoms with Crippen molar-refractivity contribution in [2.75, 3.05) is 13.7 Å². The Morgan fingerprint density at radius 2 is 2.00 bits per heavy atom. The average Bonchev–Trinajstić information content (AvgIpc) is 2.35. The molecule has 1 heterocycles. The van der Waals surface area contributed by atoms with Crippen molar-refractivity contribution in [3.05, 3.63) is 17.3 Å². The van der Waals surface area contributed by atoms with Gasteiger partial charge in [-0.1, -0.05) is 0 Å². The Morgan fingerprint density at radius 3 is 2.43 bits per heavy atom. The molecule has 0 aliphatic heterocycles. The molecule has 0 atom stereocenters. The van der Waals surface area contributed by atoms with E-state index < -0.39 is 41.6 Å². The van der Waals surface area contributed by atoms with Crippen LogP contribution in [-0.2, 0) is 4.74 Å². The van der Waals surface area contributed by atoms with Crippen molar-refractivity contribution in [2.24, 2.45) is 0 Å². The molecule has 0 spiro atoms. The summed E-state index contributed by atoms with van der Waals surface area (Å²) in [4.78, 5) is 14.9. The first-order chi connectivity index (χ1) is 9.69. The van der Waals surface area contributed by atoms with Gasteiger partial charge < -0.3 is 14.2 Å². The van der Waals surface area contributed by atoms with Crippen molar-refractivity contribution in [1.29, 1.82) is 0 Å². The fourth-order valence-corrected chi connectivity index (χ4v) is 1.37. The summed E-state index contributed by atoms with van der Waals surface area (Å²) in [6.07, 6.45) is -8.36. The molecule has 1 rings (SSSR count). The fourth-order valence-electron chi connectivity index (χ4n) is 1.37. The van der Waals surface area contributed by atoms with Gasteiger partial charge in [0.15, 0.2) is 11.3 Å². The number of nitrogens with zero attached hydrogens (tertiary/aromatic N) is 1. The van der Waals surface area contributed by atoms with Crippen LogP contribution in [0.3, 0.4) is 0 Å². The number of methoxy groups -OCH3 is 1. The molecule has 0 saturated heterocycles. The summed E-state index contributed by atoms with van der Waals surface area (Å²) in [5.74, 6) is -3.14. The van der Waals surface area contributed by atoms with Crippen LogP contribution in [0.15, 0.2) is 6.07 Å². The van der Waals surface area contributed by atoms with E-state index in [-0.39, 0.29) is 6.61 Å². The second-order valence-electron chi connectivity index (χ2n) is 3.50. The fraction of sp³-hybridized carbons (Fsp3) is 0.455. The van der Waals surface area contributed by atoms with Crippen LogP contribution in [0.1, 0.15) is 29.4 Å². The van der Waals surface area contributed by atoms with Gasteiger partial charge in [0.05, 0.1) is 13.7 Å². The molecule has 0 fully saturated rings. The summed E-state index contributed by atoms with van der Waals surface area (Å²) in [6.45, 7) is 1.26. The highest BCUT2D eigenvalue weighted by molar-refractivity contribution is 5.95. The number of carbonyl (C=O) groups excluding carboxylic acids is 1. The van der Waals surface area contributed by atoms with E-state index in [1.54, 1.807) is 0 Å². The molecule has 1 aromatic heterocycles. The van der Waals surface area contributed by atoms with E-state index in [0.29, 0.717) is 6.07 Å². The molecule has 5 nitrogen and oxygen atoms in total. The Hall–Kier alpha value is -2.13. The molecule has 0 N–H and O–H groups in total. The first kappa shape index (κ1) is 16.9. The number of esters is 1. The Labute approximate surface area is 115 Å². The normalized spacial score (nSPS) is 11.4. The van der Waals surface area contributed by atoms with Gasteiger partial charge in [-0.05, 0) is 6.92 Å². The number of hydrogen-bond donors (Lipinski definition) is 0. The highest BCUT2D eigenvalue weighted by Gasteiger charge is 2.36. The number of aromatic nitrogens is 1. The smallest absolute Gasteiger partial charge is 0.480 e. The van der Waals surface area contributed by atoms with Gasteiger partial charge in [-0.15, -0.1) is 13.2 Å². The lowest BCUT2D eigenvalue weighted by atomic mass is 10.2. The zero-order chi connectivity index (χ0) is 16.2. The quantitative estimate of drug-likeness (QED) is 0.617. The van der Waals surface area contributed by atoms with Crippen molar-refractivity contribution in [2.45, 2.75) is 19.7 Å². The van der Waals surface area contributed by atoms with Crippen LogP contribution in [0.2, 0.25) is 0 Å². The Balaban J connectivity index is 3.45. The van der Waals surface area contributed by atoms with Crippen molar-refractivity contribution >= 4 is 5.97 Å². The van der Waals surface area contributed by atoms with Crippen LogP contribution < -0.4 is 9.47 Å². The lowest BCUT2D eigenvalue weighted by molar-refractivity contribution is -0.274. The van der Waals surface area contributed by atoms with E-state index in [1.807, 2.05) is 0 Å². The predicted molar refractivity (Wildman–Crippen MR) is 58.4 cm³/mol. The van der Waals surface area contributed by atoms with Crippen LogP contribution >= 0.6 is 0 Å². The third kappa shape index (κ3) is 4.43. The molecule has 10 heteroatoms. The first-order valence-electron chi connectivity index (χ1n) is 5.49. The molecule has 0 aliphatic rings. The minimum absolute atomic E-state index is 0.149. The van der Waals surface area contributed by atoms with Gasteiger partial charge in [0.25, 0.3) is 6.43 Å². The van der Waals surface area contributed by atoms with E-state index >= 15 is 0 Å². The summed E-state index contributed by atoms with van der Waals surface area (Å²) < 4.78 is 74.8. The van der Waals surface area contributed by atoms with Gasteiger partial charge in [0.1, 0.15) is 5.69 Å². The lowest BCUT2D eigenvalue weighted by Gasteiger charge is -2.15. The summed E-state index contributed by atoms with van der Waals surface area (Å²) in [5.41, 5.74) is -1.85. The Bertz CT molecular complexity index is 518. The van der Waals surface area contributed by atoms with E-state index in [4.69, 9.17) is 0 Å². The first-order valence-corrected chi connectivity index (χ1v) is 5.49. The van der Waals surface area contributed by atoms with Gasteiger partial charge in [0, 0.05) is 6.07 Å². The molecule has 0 bridgehead atoms. The summed E-state index contributed by atoms with van der Waals surface area (Å²) in [5, 5.41) is 0. The zero-order valence-corrected chi connectivity index (χ0v) is 10.8. The molecule has 0 saturated carbocycles. The minimum Gasteiger partial charge on any atom is -0.480 e. The standard InChI is InChI=1S/C11H10F5NO4/c1-3-20-10(18)7-6(21-11(14,15)16)4-5(8(12)13)17-9(7)19-2/h4,8H,3H2,1-2H3. The van der Waals surface area contributed by atoms with Gasteiger partial charge in [-0.2, -0.15) is 0 Å². The second kappa shape index (κ2) is 6.55. The van der Waals surface area contributed by atoms with Crippen LogP contribution in [-0.4, -0.2) is 31.0 Å². The predicted octanol–water partition coefficient (Wildman–Crippen LogP) is 3.10. The van der Waals surface area contributed by atoms with Crippen molar-refractivity contribution in [3.8, 4) is 11.6 Å². The molecule has 0 aromatic carbocycles. The molecule has 0 amide bonds. The maximum absolute atomic E-state index is 12.6. The molecular weight excluding hydrogens is 305 g/mol. The van der Waals surface area contributed by atoms with Crippen LogP contribution in [0.25, 0.3) is 0 Å². The number of halogens is 5. The summed E-state index contributed by atoms with van der Waals surface area (Å²) in [6, 6.07) is 0.312. The largest absolute Gasteiger partial charge is 0.573 e.